The van der Waals surface area contributed by atoms with Crippen LogP contribution in [0.1, 0.15) is 12.8 Å². The summed E-state index contributed by atoms with van der Waals surface area (Å²) in [6.07, 6.45) is 0.909. The van der Waals surface area contributed by atoms with Crippen LogP contribution in [0.5, 0.6) is 0 Å². The molecule has 2 heterocycles. The molecule has 0 radical (unpaired) electrons. The molecule has 110 valence electrons. The van der Waals surface area contributed by atoms with Crippen molar-refractivity contribution in [3.63, 3.8) is 0 Å². The molecule has 3 rings (SSSR count). The minimum absolute atomic E-state index is 0. The minimum atomic E-state index is -3.42. The molecule has 2 saturated heterocycles. The molecule has 0 unspecified atom stereocenters. The number of anilines is 1. The van der Waals surface area contributed by atoms with E-state index >= 15 is 0 Å². The smallest absolute Gasteiger partial charge is 0.243 e. The van der Waals surface area contributed by atoms with Crippen molar-refractivity contribution in [3.05, 3.63) is 30.3 Å². The fourth-order valence-electron chi connectivity index (χ4n) is 3.04. The second-order valence-corrected chi connectivity index (χ2v) is 7.30. The maximum absolute atomic E-state index is 12.4. The van der Waals surface area contributed by atoms with E-state index in [1.54, 1.807) is 12.1 Å². The molecule has 0 atom stereocenters. The molecule has 2 fully saturated rings. The van der Waals surface area contributed by atoms with Crippen LogP contribution in [0, 0.1) is 0 Å². The predicted molar refractivity (Wildman–Crippen MR) is 79.8 cm³/mol. The van der Waals surface area contributed by atoms with Crippen LogP contribution in [0.3, 0.4) is 0 Å². The van der Waals surface area contributed by atoms with Gasteiger partial charge in [0, 0.05) is 5.69 Å². The van der Waals surface area contributed by atoms with Gasteiger partial charge in [-0.1, -0.05) is 18.2 Å². The number of hydrogen-bond donors (Lipinski definition) is 1. The van der Waals surface area contributed by atoms with Crippen LogP contribution in [0.25, 0.3) is 0 Å². The Morgan fingerprint density at radius 1 is 1.10 bits per heavy atom. The van der Waals surface area contributed by atoms with E-state index < -0.39 is 14.7 Å². The number of para-hydroxylation sites is 1. The average Bonchev–Trinajstić information content (AvgIpc) is 2.58. The number of rotatable bonds is 1. The molecular formula is C13H17ClN2O3S. The highest BCUT2D eigenvalue weighted by Crippen LogP contribution is 2.41. The zero-order valence-corrected chi connectivity index (χ0v) is 12.5. The number of nitrogens with one attached hydrogen (secondary N) is 1. The third-order valence-corrected chi connectivity index (χ3v) is 6.32. The number of hydrogen-bond acceptors (Lipinski definition) is 4. The van der Waals surface area contributed by atoms with Crippen molar-refractivity contribution in [2.45, 2.75) is 17.7 Å². The largest absolute Gasteiger partial charge is 0.316 e. The van der Waals surface area contributed by atoms with Gasteiger partial charge in [-0.05, 0) is 38.1 Å². The quantitative estimate of drug-likeness (QED) is 0.837. The summed E-state index contributed by atoms with van der Waals surface area (Å²) in [5.74, 6) is -0.685. The predicted octanol–water partition coefficient (Wildman–Crippen LogP) is 0.949. The fourth-order valence-corrected chi connectivity index (χ4v) is 5.07. The number of amides is 1. The number of carbonyl (C=O) groups excluding carboxylic acids is 1. The maximum atomic E-state index is 12.4. The van der Waals surface area contributed by atoms with Crippen LogP contribution in [0.15, 0.2) is 30.3 Å². The third kappa shape index (κ3) is 2.12. The molecule has 1 amide bonds. The zero-order chi connectivity index (χ0) is 13.5. The van der Waals surface area contributed by atoms with Gasteiger partial charge in [-0.2, -0.15) is 0 Å². The Morgan fingerprint density at radius 3 is 2.30 bits per heavy atom. The normalized spacial score (nSPS) is 23.6. The van der Waals surface area contributed by atoms with E-state index in [1.807, 2.05) is 18.2 Å². The van der Waals surface area contributed by atoms with Gasteiger partial charge in [0.1, 0.15) is 5.75 Å². The zero-order valence-electron chi connectivity index (χ0n) is 10.9. The lowest BCUT2D eigenvalue weighted by Crippen LogP contribution is -2.55. The van der Waals surface area contributed by atoms with Crippen molar-refractivity contribution >= 4 is 33.8 Å². The number of sulfone groups is 1. The van der Waals surface area contributed by atoms with Crippen molar-refractivity contribution in [1.82, 2.24) is 5.32 Å². The van der Waals surface area contributed by atoms with Crippen molar-refractivity contribution in [2.75, 3.05) is 23.7 Å². The second-order valence-electron chi connectivity index (χ2n) is 5.02. The maximum Gasteiger partial charge on any atom is 0.243 e. The molecule has 7 heteroatoms. The van der Waals surface area contributed by atoms with Crippen molar-refractivity contribution in [3.8, 4) is 0 Å². The topological polar surface area (TPSA) is 66.5 Å². The molecule has 1 aromatic rings. The highest BCUT2D eigenvalue weighted by Gasteiger charge is 2.57. The standard InChI is InChI=1S/C13H16N2O3S.ClH/c16-12-10-19(17,18)13(6-8-14-9-7-13)15(12)11-4-2-1-3-5-11;/h1-5,14H,6-10H2;1H. The molecule has 0 aliphatic carbocycles. The summed E-state index contributed by atoms with van der Waals surface area (Å²) in [6, 6.07) is 9.09. The first-order valence-corrected chi connectivity index (χ1v) is 8.03. The van der Waals surface area contributed by atoms with Crippen molar-refractivity contribution in [1.29, 1.82) is 0 Å². The van der Waals surface area contributed by atoms with Gasteiger partial charge >= 0.3 is 0 Å². The Morgan fingerprint density at radius 2 is 1.70 bits per heavy atom. The van der Waals surface area contributed by atoms with Gasteiger partial charge in [0.15, 0.2) is 14.7 Å². The van der Waals surface area contributed by atoms with E-state index in [-0.39, 0.29) is 24.1 Å². The molecule has 0 aromatic heterocycles. The van der Waals surface area contributed by atoms with Crippen LogP contribution in [0.4, 0.5) is 5.69 Å². The minimum Gasteiger partial charge on any atom is -0.316 e. The molecule has 1 spiro atoms. The molecule has 0 bridgehead atoms. The number of piperidine rings is 1. The van der Waals surface area contributed by atoms with Gasteiger partial charge < -0.3 is 5.32 Å². The van der Waals surface area contributed by atoms with Gasteiger partial charge in [-0.3, -0.25) is 9.69 Å². The van der Waals surface area contributed by atoms with Crippen LogP contribution in [-0.2, 0) is 14.6 Å². The van der Waals surface area contributed by atoms with E-state index in [2.05, 4.69) is 5.32 Å². The van der Waals surface area contributed by atoms with Crippen LogP contribution >= 0.6 is 12.4 Å². The van der Waals surface area contributed by atoms with Gasteiger partial charge in [-0.15, -0.1) is 12.4 Å². The summed E-state index contributed by atoms with van der Waals surface area (Å²) < 4.78 is 24.9. The summed E-state index contributed by atoms with van der Waals surface area (Å²) in [5.41, 5.74) is 0.676. The Hall–Kier alpha value is -1.11. The van der Waals surface area contributed by atoms with Crippen LogP contribution in [-0.4, -0.2) is 38.0 Å². The summed E-state index contributed by atoms with van der Waals surface area (Å²) in [7, 11) is -3.42. The number of halogens is 1. The lowest BCUT2D eigenvalue weighted by atomic mass is 10.0. The highest BCUT2D eigenvalue weighted by molar-refractivity contribution is 7.94. The SMILES string of the molecule is Cl.O=C1CS(=O)(=O)C2(CCNCC2)N1c1ccccc1. The summed E-state index contributed by atoms with van der Waals surface area (Å²) >= 11 is 0. The molecule has 20 heavy (non-hydrogen) atoms. The molecule has 5 nitrogen and oxygen atoms in total. The monoisotopic (exact) mass is 316 g/mol. The van der Waals surface area contributed by atoms with Crippen molar-refractivity contribution in [2.24, 2.45) is 0 Å². The average molecular weight is 317 g/mol. The summed E-state index contributed by atoms with van der Waals surface area (Å²) in [6.45, 7) is 1.24. The lowest BCUT2D eigenvalue weighted by molar-refractivity contribution is -0.116. The van der Waals surface area contributed by atoms with E-state index in [1.165, 1.54) is 4.90 Å². The fraction of sp³-hybridized carbons (Fsp3) is 0.462. The highest BCUT2D eigenvalue weighted by atomic mass is 35.5. The Labute approximate surface area is 124 Å². The number of nitrogens with zero attached hydrogens (tertiary/aromatic N) is 1. The van der Waals surface area contributed by atoms with Gasteiger partial charge in [0.2, 0.25) is 5.91 Å². The molecule has 0 saturated carbocycles. The molecular weight excluding hydrogens is 300 g/mol. The van der Waals surface area contributed by atoms with Crippen LogP contribution in [0.2, 0.25) is 0 Å². The number of benzene rings is 1. The summed E-state index contributed by atoms with van der Waals surface area (Å²) in [5, 5.41) is 3.16. The Balaban J connectivity index is 0.00000147. The first-order valence-electron chi connectivity index (χ1n) is 6.38. The summed E-state index contributed by atoms with van der Waals surface area (Å²) in [4.78, 5) is 12.6. The van der Waals surface area contributed by atoms with E-state index in [4.69, 9.17) is 0 Å². The first-order chi connectivity index (χ1) is 9.07. The Kier molecular flexibility index (Phi) is 4.09. The molecule has 2 aliphatic rings. The molecule has 1 N–H and O–H groups in total. The van der Waals surface area contributed by atoms with Gasteiger partial charge in [0.25, 0.3) is 0 Å². The van der Waals surface area contributed by atoms with E-state index in [0.717, 1.165) is 0 Å². The second kappa shape index (κ2) is 5.35. The third-order valence-electron chi connectivity index (χ3n) is 3.95. The van der Waals surface area contributed by atoms with Crippen molar-refractivity contribution < 1.29 is 13.2 Å². The van der Waals surface area contributed by atoms with E-state index in [0.29, 0.717) is 31.6 Å². The van der Waals surface area contributed by atoms with Gasteiger partial charge in [0.05, 0.1) is 0 Å². The van der Waals surface area contributed by atoms with E-state index in [9.17, 15) is 13.2 Å². The number of carbonyl (C=O) groups is 1. The molecule has 1 aromatic carbocycles. The van der Waals surface area contributed by atoms with Gasteiger partial charge in [-0.25, -0.2) is 8.42 Å². The molecule has 2 aliphatic heterocycles. The lowest BCUT2D eigenvalue weighted by Gasteiger charge is -2.39. The van der Waals surface area contributed by atoms with Crippen LogP contribution < -0.4 is 10.2 Å². The Bertz CT molecular complexity index is 597. The first kappa shape index (κ1) is 15.3.